The number of aryl methyl sites for hydroxylation is 1. The van der Waals surface area contributed by atoms with E-state index in [-0.39, 0.29) is 5.91 Å². The van der Waals surface area contributed by atoms with Gasteiger partial charge in [-0.1, -0.05) is 30.3 Å². The van der Waals surface area contributed by atoms with E-state index in [9.17, 15) is 9.59 Å². The summed E-state index contributed by atoms with van der Waals surface area (Å²) in [6.07, 6.45) is 0. The van der Waals surface area contributed by atoms with Crippen LogP contribution in [0.25, 0.3) is 15.9 Å². The Labute approximate surface area is 165 Å². The molecule has 0 saturated heterocycles. The van der Waals surface area contributed by atoms with Crippen LogP contribution in [0.3, 0.4) is 0 Å². The average Bonchev–Trinajstić information content (AvgIpc) is 3.28. The van der Waals surface area contributed by atoms with Gasteiger partial charge in [0.05, 0.1) is 16.3 Å². The van der Waals surface area contributed by atoms with Gasteiger partial charge in [0.2, 0.25) is 5.91 Å². The van der Waals surface area contributed by atoms with Crippen LogP contribution in [-0.4, -0.2) is 21.6 Å². The third-order valence-electron chi connectivity index (χ3n) is 4.43. The van der Waals surface area contributed by atoms with Crippen LogP contribution in [0.1, 0.15) is 31.3 Å². The van der Waals surface area contributed by atoms with Crippen LogP contribution in [0.15, 0.2) is 60.7 Å². The van der Waals surface area contributed by atoms with Crippen LogP contribution in [0, 0.1) is 6.92 Å². The number of carbonyl (C=O) groups excluding carboxylic acids is 2. The van der Waals surface area contributed by atoms with Gasteiger partial charge in [0.25, 0.3) is 5.91 Å². The summed E-state index contributed by atoms with van der Waals surface area (Å²) in [5.74, 6) is -0.650. The number of carbonyl (C=O) groups is 2. The van der Waals surface area contributed by atoms with Crippen molar-refractivity contribution in [2.75, 3.05) is 0 Å². The van der Waals surface area contributed by atoms with Crippen LogP contribution in [-0.2, 0) is 6.54 Å². The molecule has 28 heavy (non-hydrogen) atoms. The van der Waals surface area contributed by atoms with Gasteiger partial charge in [0.15, 0.2) is 0 Å². The molecule has 0 unspecified atom stereocenters. The third-order valence-corrected chi connectivity index (χ3v) is 5.54. The lowest BCUT2D eigenvalue weighted by atomic mass is 10.1. The Morgan fingerprint density at radius 3 is 2.64 bits per heavy atom. The van der Waals surface area contributed by atoms with E-state index < -0.39 is 5.91 Å². The highest BCUT2D eigenvalue weighted by Gasteiger charge is 2.17. The van der Waals surface area contributed by atoms with Crippen molar-refractivity contribution in [3.63, 3.8) is 0 Å². The lowest BCUT2D eigenvalue weighted by Crippen LogP contribution is -2.22. The fourth-order valence-electron chi connectivity index (χ4n) is 3.01. The predicted molar refractivity (Wildman–Crippen MR) is 110 cm³/mol. The van der Waals surface area contributed by atoms with Crippen LogP contribution >= 0.6 is 11.3 Å². The fourth-order valence-corrected chi connectivity index (χ4v) is 4.11. The normalized spacial score (nSPS) is 10.9. The van der Waals surface area contributed by atoms with Crippen molar-refractivity contribution in [3.8, 4) is 5.69 Å². The molecular formula is C21H18N4O2S. The smallest absolute Gasteiger partial charge is 0.261 e. The Balaban J connectivity index is 1.57. The molecule has 6 nitrogen and oxygen atoms in total. The van der Waals surface area contributed by atoms with E-state index in [1.54, 1.807) is 18.2 Å². The summed E-state index contributed by atoms with van der Waals surface area (Å²) in [4.78, 5) is 25.5. The quantitative estimate of drug-likeness (QED) is 0.547. The molecule has 2 aromatic heterocycles. The number of fused-ring (bicyclic) bond motifs is 1. The van der Waals surface area contributed by atoms with Gasteiger partial charge in [-0.25, -0.2) is 4.68 Å². The van der Waals surface area contributed by atoms with Crippen LogP contribution in [0.5, 0.6) is 0 Å². The molecule has 0 aliphatic rings. The molecule has 0 atom stereocenters. The minimum absolute atomic E-state index is 0.162. The van der Waals surface area contributed by atoms with Crippen molar-refractivity contribution >= 4 is 33.4 Å². The molecule has 0 spiro atoms. The van der Waals surface area contributed by atoms with Crippen LogP contribution in [0.4, 0.5) is 0 Å². The average molecular weight is 390 g/mol. The number of nitrogens with two attached hydrogens (primary N) is 1. The molecule has 2 amide bonds. The number of rotatable bonds is 5. The summed E-state index contributed by atoms with van der Waals surface area (Å²) in [7, 11) is 0. The fraction of sp³-hybridized carbons (Fsp3) is 0.0952. The highest BCUT2D eigenvalue weighted by molar-refractivity contribution is 7.20. The minimum Gasteiger partial charge on any atom is -0.366 e. The molecule has 0 aliphatic heterocycles. The summed E-state index contributed by atoms with van der Waals surface area (Å²) in [5, 5.41) is 8.46. The Kier molecular flexibility index (Phi) is 4.67. The first-order valence-electron chi connectivity index (χ1n) is 8.74. The van der Waals surface area contributed by atoms with E-state index in [0.29, 0.717) is 17.0 Å². The van der Waals surface area contributed by atoms with Crippen molar-refractivity contribution in [3.05, 3.63) is 82.4 Å². The molecule has 140 valence electrons. The third kappa shape index (κ3) is 3.39. The number of para-hydroxylation sites is 1. The van der Waals surface area contributed by atoms with Crippen molar-refractivity contribution < 1.29 is 9.59 Å². The number of thiophene rings is 1. The molecule has 3 N–H and O–H groups in total. The molecule has 0 bridgehead atoms. The van der Waals surface area contributed by atoms with E-state index in [4.69, 9.17) is 5.73 Å². The first-order chi connectivity index (χ1) is 13.5. The molecule has 0 saturated carbocycles. The highest BCUT2D eigenvalue weighted by atomic mass is 32.1. The maximum Gasteiger partial charge on any atom is 0.261 e. The largest absolute Gasteiger partial charge is 0.366 e. The minimum atomic E-state index is -0.487. The molecular weight excluding hydrogens is 372 g/mol. The Bertz CT molecular complexity index is 1180. The van der Waals surface area contributed by atoms with Gasteiger partial charge in [-0.05, 0) is 42.8 Å². The number of nitrogens with zero attached hydrogens (tertiary/aromatic N) is 2. The van der Waals surface area contributed by atoms with Gasteiger partial charge >= 0.3 is 0 Å². The zero-order valence-corrected chi connectivity index (χ0v) is 16.0. The zero-order valence-electron chi connectivity index (χ0n) is 15.2. The van der Waals surface area contributed by atoms with E-state index >= 15 is 0 Å². The lowest BCUT2D eigenvalue weighted by Gasteiger charge is -2.05. The first kappa shape index (κ1) is 17.9. The Hall–Kier alpha value is -3.45. The summed E-state index contributed by atoms with van der Waals surface area (Å²) in [5.41, 5.74) is 8.38. The lowest BCUT2D eigenvalue weighted by molar-refractivity contribution is 0.0954. The maximum atomic E-state index is 12.6. The molecule has 0 fully saturated rings. The number of benzene rings is 2. The van der Waals surface area contributed by atoms with Crippen molar-refractivity contribution in [1.82, 2.24) is 15.1 Å². The molecule has 7 heteroatoms. The molecule has 4 rings (SSSR count). The number of hydrogen-bond acceptors (Lipinski definition) is 4. The maximum absolute atomic E-state index is 12.6. The van der Waals surface area contributed by atoms with Crippen molar-refractivity contribution in [2.24, 2.45) is 5.73 Å². The molecule has 0 radical (unpaired) electrons. The van der Waals surface area contributed by atoms with Gasteiger partial charge in [0.1, 0.15) is 4.83 Å². The SMILES string of the molecule is Cc1nn(-c2ccccc2)c2sc(C(=O)NCc3cccc(C(N)=O)c3)cc12. The molecule has 0 aliphatic carbocycles. The monoisotopic (exact) mass is 390 g/mol. The van der Waals surface area contributed by atoms with Crippen molar-refractivity contribution in [1.29, 1.82) is 0 Å². The van der Waals surface area contributed by atoms with Crippen LogP contribution < -0.4 is 11.1 Å². The molecule has 4 aromatic rings. The molecule has 2 aromatic carbocycles. The van der Waals surface area contributed by atoms with Crippen LogP contribution in [0.2, 0.25) is 0 Å². The standard InChI is InChI=1S/C21H18N4O2S/c1-13-17-11-18(28-21(17)25(24-13)16-8-3-2-4-9-16)20(27)23-12-14-6-5-7-15(10-14)19(22)26/h2-11H,12H2,1H3,(H2,22,26)(H,23,27). The van der Waals surface area contributed by atoms with Gasteiger partial charge in [0, 0.05) is 17.5 Å². The number of primary amides is 1. The van der Waals surface area contributed by atoms with Crippen molar-refractivity contribution in [2.45, 2.75) is 13.5 Å². The topological polar surface area (TPSA) is 90.0 Å². The predicted octanol–water partition coefficient (Wildman–Crippen LogP) is 3.42. The number of nitrogens with one attached hydrogen (secondary N) is 1. The highest BCUT2D eigenvalue weighted by Crippen LogP contribution is 2.30. The number of amides is 2. The second-order valence-corrected chi connectivity index (χ2v) is 7.44. The number of hydrogen-bond donors (Lipinski definition) is 2. The first-order valence-corrected chi connectivity index (χ1v) is 9.56. The Morgan fingerprint density at radius 2 is 1.89 bits per heavy atom. The summed E-state index contributed by atoms with van der Waals surface area (Å²) < 4.78 is 1.86. The second kappa shape index (κ2) is 7.28. The zero-order chi connectivity index (χ0) is 19.7. The second-order valence-electron chi connectivity index (χ2n) is 6.41. The summed E-state index contributed by atoms with van der Waals surface area (Å²) in [6.45, 7) is 2.25. The Morgan fingerprint density at radius 1 is 1.11 bits per heavy atom. The summed E-state index contributed by atoms with van der Waals surface area (Å²) in [6, 6.07) is 18.6. The number of aromatic nitrogens is 2. The van der Waals surface area contributed by atoms with E-state index in [2.05, 4.69) is 10.4 Å². The van der Waals surface area contributed by atoms with Gasteiger partial charge in [-0.3, -0.25) is 9.59 Å². The van der Waals surface area contributed by atoms with E-state index in [1.807, 2.05) is 54.1 Å². The van der Waals surface area contributed by atoms with E-state index in [0.717, 1.165) is 27.2 Å². The van der Waals surface area contributed by atoms with Gasteiger partial charge in [-0.2, -0.15) is 5.10 Å². The molecule has 2 heterocycles. The summed E-state index contributed by atoms with van der Waals surface area (Å²) >= 11 is 1.41. The van der Waals surface area contributed by atoms with Gasteiger partial charge < -0.3 is 11.1 Å². The van der Waals surface area contributed by atoms with E-state index in [1.165, 1.54) is 11.3 Å². The van der Waals surface area contributed by atoms with Gasteiger partial charge in [-0.15, -0.1) is 11.3 Å².